The first-order valence-electron chi connectivity index (χ1n) is 5.83. The van der Waals surface area contributed by atoms with E-state index in [0.717, 1.165) is 18.8 Å². The second kappa shape index (κ2) is 9.14. The minimum Gasteiger partial charge on any atom is -0.490 e. The molecule has 1 rings (SSSR count). The van der Waals surface area contributed by atoms with Crippen molar-refractivity contribution in [2.24, 2.45) is 0 Å². The maximum absolute atomic E-state index is 5.56. The monoisotopic (exact) mass is 251 g/mol. The predicted octanol–water partition coefficient (Wildman–Crippen LogP) is 2.92. The lowest BCUT2D eigenvalue weighted by atomic mass is 10.3. The van der Waals surface area contributed by atoms with Gasteiger partial charge in [-0.05, 0) is 25.4 Å². The van der Waals surface area contributed by atoms with Gasteiger partial charge in [-0.1, -0.05) is 30.4 Å². The summed E-state index contributed by atoms with van der Waals surface area (Å²) in [6, 6.07) is 9.89. The van der Waals surface area contributed by atoms with Crippen LogP contribution in [0.2, 0.25) is 0 Å². The van der Waals surface area contributed by atoms with Gasteiger partial charge in [0.15, 0.2) is 0 Å². The normalized spacial score (nSPS) is 11.2. The van der Waals surface area contributed by atoms with E-state index in [4.69, 9.17) is 4.74 Å². The van der Waals surface area contributed by atoms with Crippen molar-refractivity contribution in [1.29, 1.82) is 0 Å². The molecular weight excluding hydrogens is 230 g/mol. The van der Waals surface area contributed by atoms with Gasteiger partial charge in [0.05, 0.1) is 0 Å². The lowest BCUT2D eigenvalue weighted by Crippen LogP contribution is -2.21. The number of ether oxygens (including phenoxy) is 1. The van der Waals surface area contributed by atoms with Gasteiger partial charge >= 0.3 is 0 Å². The van der Waals surface area contributed by atoms with Crippen molar-refractivity contribution < 1.29 is 4.74 Å². The molecule has 0 radical (unpaired) electrons. The first-order chi connectivity index (χ1) is 8.33. The summed E-state index contributed by atoms with van der Waals surface area (Å²) in [5.74, 6) is 2.11. The molecule has 0 N–H and O–H groups in total. The smallest absolute Gasteiger partial charge is 0.119 e. The Morgan fingerprint density at radius 2 is 2.00 bits per heavy atom. The van der Waals surface area contributed by atoms with Crippen LogP contribution in [-0.4, -0.2) is 43.7 Å². The minimum atomic E-state index is 0.639. The second-order valence-electron chi connectivity index (χ2n) is 3.85. The predicted molar refractivity (Wildman–Crippen MR) is 77.0 cm³/mol. The molecule has 0 spiro atoms. The summed E-state index contributed by atoms with van der Waals surface area (Å²) in [4.78, 5) is 2.30. The van der Waals surface area contributed by atoms with E-state index in [9.17, 15) is 0 Å². The second-order valence-corrected chi connectivity index (χ2v) is 4.84. The standard InChI is InChI=1S/C14H21NOS/c1-15(11-13-17-2)10-6-7-12-16-14-8-4-3-5-9-14/h3-9H,10-13H2,1-2H3. The Bertz CT molecular complexity index is 313. The molecule has 0 saturated heterocycles. The highest BCUT2D eigenvalue weighted by molar-refractivity contribution is 7.98. The molecule has 1 aromatic carbocycles. The summed E-state index contributed by atoms with van der Waals surface area (Å²) in [5.41, 5.74) is 0. The fraction of sp³-hybridized carbons (Fsp3) is 0.429. The van der Waals surface area contributed by atoms with E-state index in [1.807, 2.05) is 42.1 Å². The van der Waals surface area contributed by atoms with E-state index >= 15 is 0 Å². The molecule has 0 bridgehead atoms. The molecule has 0 atom stereocenters. The van der Waals surface area contributed by atoms with Gasteiger partial charge in [0, 0.05) is 18.8 Å². The molecule has 17 heavy (non-hydrogen) atoms. The highest BCUT2D eigenvalue weighted by atomic mass is 32.2. The van der Waals surface area contributed by atoms with Crippen LogP contribution < -0.4 is 4.74 Å². The van der Waals surface area contributed by atoms with Gasteiger partial charge in [-0.15, -0.1) is 0 Å². The Morgan fingerprint density at radius 1 is 1.24 bits per heavy atom. The van der Waals surface area contributed by atoms with Crippen LogP contribution in [0, 0.1) is 0 Å². The summed E-state index contributed by atoms with van der Waals surface area (Å²) < 4.78 is 5.56. The van der Waals surface area contributed by atoms with Gasteiger partial charge in [0.25, 0.3) is 0 Å². The summed E-state index contributed by atoms with van der Waals surface area (Å²) in [6.07, 6.45) is 6.36. The number of nitrogens with zero attached hydrogens (tertiary/aromatic N) is 1. The van der Waals surface area contributed by atoms with Crippen molar-refractivity contribution in [3.63, 3.8) is 0 Å². The zero-order valence-electron chi connectivity index (χ0n) is 10.6. The molecule has 0 unspecified atom stereocenters. The average molecular weight is 251 g/mol. The van der Waals surface area contributed by atoms with Crippen LogP contribution in [-0.2, 0) is 0 Å². The third-order valence-corrected chi connectivity index (χ3v) is 2.94. The first-order valence-corrected chi connectivity index (χ1v) is 7.22. The zero-order chi connectivity index (χ0) is 12.3. The molecule has 2 nitrogen and oxygen atoms in total. The van der Waals surface area contributed by atoms with Crippen LogP contribution in [0.3, 0.4) is 0 Å². The summed E-state index contributed by atoms with van der Waals surface area (Å²) in [5, 5.41) is 0. The Hall–Kier alpha value is -0.930. The molecule has 94 valence electrons. The Morgan fingerprint density at radius 3 is 2.71 bits per heavy atom. The van der Waals surface area contributed by atoms with E-state index in [0.29, 0.717) is 6.61 Å². The van der Waals surface area contributed by atoms with Crippen LogP contribution in [0.1, 0.15) is 0 Å². The number of thioether (sulfide) groups is 1. The van der Waals surface area contributed by atoms with E-state index in [2.05, 4.69) is 30.4 Å². The topological polar surface area (TPSA) is 12.5 Å². The highest BCUT2D eigenvalue weighted by Gasteiger charge is 1.93. The van der Waals surface area contributed by atoms with Crippen molar-refractivity contribution in [3.05, 3.63) is 42.5 Å². The third-order valence-electron chi connectivity index (χ3n) is 2.35. The maximum atomic E-state index is 5.56. The number of para-hydroxylation sites is 1. The maximum Gasteiger partial charge on any atom is 0.119 e. The summed E-state index contributed by atoms with van der Waals surface area (Å²) >= 11 is 1.88. The molecule has 0 amide bonds. The number of hydrogen-bond acceptors (Lipinski definition) is 3. The zero-order valence-corrected chi connectivity index (χ0v) is 11.5. The SMILES string of the molecule is CSCCN(C)CC=CCOc1ccccc1. The van der Waals surface area contributed by atoms with Gasteiger partial charge < -0.3 is 9.64 Å². The van der Waals surface area contributed by atoms with E-state index in [-0.39, 0.29) is 0 Å². The lowest BCUT2D eigenvalue weighted by molar-refractivity contribution is 0.359. The summed E-state index contributed by atoms with van der Waals surface area (Å²) in [7, 11) is 2.14. The Kier molecular flexibility index (Phi) is 7.60. The van der Waals surface area contributed by atoms with Crippen molar-refractivity contribution in [2.75, 3.05) is 38.8 Å². The molecule has 0 aliphatic heterocycles. The van der Waals surface area contributed by atoms with Gasteiger partial charge in [0.2, 0.25) is 0 Å². The average Bonchev–Trinajstić information content (AvgIpc) is 2.37. The Balaban J connectivity index is 2.10. The van der Waals surface area contributed by atoms with Crippen LogP contribution in [0.5, 0.6) is 5.75 Å². The van der Waals surface area contributed by atoms with Crippen molar-refractivity contribution >= 4 is 11.8 Å². The van der Waals surface area contributed by atoms with Crippen molar-refractivity contribution in [2.45, 2.75) is 0 Å². The van der Waals surface area contributed by atoms with Crippen LogP contribution in [0.25, 0.3) is 0 Å². The van der Waals surface area contributed by atoms with Crippen molar-refractivity contribution in [3.8, 4) is 5.75 Å². The minimum absolute atomic E-state index is 0.639. The first kappa shape index (κ1) is 14.1. The molecule has 0 aliphatic rings. The molecule has 0 fully saturated rings. The molecule has 0 saturated carbocycles. The van der Waals surface area contributed by atoms with Gasteiger partial charge in [0.1, 0.15) is 12.4 Å². The van der Waals surface area contributed by atoms with Crippen LogP contribution in [0.15, 0.2) is 42.5 Å². The quantitative estimate of drug-likeness (QED) is 0.659. The number of hydrogen-bond donors (Lipinski definition) is 0. The van der Waals surface area contributed by atoms with Crippen LogP contribution >= 0.6 is 11.8 Å². The number of likely N-dealkylation sites (N-methyl/N-ethyl adjacent to an activating group) is 1. The number of benzene rings is 1. The van der Waals surface area contributed by atoms with Gasteiger partial charge in [-0.3, -0.25) is 0 Å². The summed E-state index contributed by atoms with van der Waals surface area (Å²) in [6.45, 7) is 2.75. The molecule has 0 aliphatic carbocycles. The fourth-order valence-electron chi connectivity index (χ4n) is 1.32. The van der Waals surface area contributed by atoms with E-state index in [1.54, 1.807) is 0 Å². The van der Waals surface area contributed by atoms with Crippen LogP contribution in [0.4, 0.5) is 0 Å². The van der Waals surface area contributed by atoms with E-state index in [1.165, 1.54) is 5.75 Å². The largest absolute Gasteiger partial charge is 0.490 e. The van der Waals surface area contributed by atoms with Gasteiger partial charge in [-0.2, -0.15) is 11.8 Å². The Labute approximate surface area is 109 Å². The van der Waals surface area contributed by atoms with Gasteiger partial charge in [-0.25, -0.2) is 0 Å². The molecule has 1 aromatic rings. The molecule has 0 heterocycles. The third kappa shape index (κ3) is 7.08. The number of rotatable bonds is 8. The molecular formula is C14H21NOS. The molecule has 0 aromatic heterocycles. The highest BCUT2D eigenvalue weighted by Crippen LogP contribution is 2.07. The van der Waals surface area contributed by atoms with E-state index < -0.39 is 0 Å². The lowest BCUT2D eigenvalue weighted by Gasteiger charge is -2.12. The molecule has 3 heteroatoms. The van der Waals surface area contributed by atoms with Crippen molar-refractivity contribution in [1.82, 2.24) is 4.90 Å². The fourth-order valence-corrected chi connectivity index (χ4v) is 1.82.